The van der Waals surface area contributed by atoms with Gasteiger partial charge in [-0.15, -0.1) is 21.5 Å². The maximum atomic E-state index is 4.41. The Hall–Kier alpha value is -0.480. The number of aromatic nitrogens is 2. The largest absolute Gasteiger partial charge is 0.320 e. The van der Waals surface area contributed by atoms with Crippen molar-refractivity contribution in [2.24, 2.45) is 0 Å². The zero-order chi connectivity index (χ0) is 11.9. The molecule has 96 valence electrons. The van der Waals surface area contributed by atoms with E-state index >= 15 is 0 Å². The van der Waals surface area contributed by atoms with Crippen LogP contribution >= 0.6 is 11.3 Å². The third-order valence-electron chi connectivity index (χ3n) is 3.50. The van der Waals surface area contributed by atoms with E-state index in [0.717, 1.165) is 19.4 Å². The molecule has 0 atom stereocenters. The molecule has 0 amide bonds. The zero-order valence-corrected chi connectivity index (χ0v) is 11.6. The predicted octanol–water partition coefficient (Wildman–Crippen LogP) is 3.13. The van der Waals surface area contributed by atoms with Crippen LogP contribution in [0.4, 0.5) is 0 Å². The number of nitrogens with one attached hydrogen (secondary N) is 1. The van der Waals surface area contributed by atoms with E-state index in [1.54, 1.807) is 0 Å². The first-order chi connectivity index (χ1) is 8.40. The lowest BCUT2D eigenvalue weighted by Gasteiger charge is -2.08. The fourth-order valence-corrected chi connectivity index (χ4v) is 3.53. The van der Waals surface area contributed by atoms with Crippen molar-refractivity contribution < 1.29 is 0 Å². The third-order valence-corrected chi connectivity index (χ3v) is 4.65. The number of hydrogen-bond donors (Lipinski definition) is 1. The lowest BCUT2D eigenvalue weighted by atomic mass is 10.0. The summed E-state index contributed by atoms with van der Waals surface area (Å²) in [5, 5.41) is 14.4. The van der Waals surface area contributed by atoms with Crippen molar-refractivity contribution >= 4 is 11.3 Å². The maximum absolute atomic E-state index is 4.41. The minimum Gasteiger partial charge on any atom is -0.320 e. The van der Waals surface area contributed by atoms with Crippen LogP contribution < -0.4 is 5.32 Å². The van der Waals surface area contributed by atoms with Gasteiger partial charge in [-0.05, 0) is 32.9 Å². The highest BCUT2D eigenvalue weighted by Gasteiger charge is 2.18. The Morgan fingerprint density at radius 2 is 1.94 bits per heavy atom. The first kappa shape index (κ1) is 13.0. The highest BCUT2D eigenvalue weighted by Crippen LogP contribution is 2.33. The van der Waals surface area contributed by atoms with Crippen molar-refractivity contribution in [2.45, 2.75) is 57.3 Å². The van der Waals surface area contributed by atoms with Crippen LogP contribution in [0.2, 0.25) is 0 Å². The van der Waals surface area contributed by atoms with Gasteiger partial charge in [0.05, 0.1) is 0 Å². The number of rotatable bonds is 5. The molecule has 0 unspecified atom stereocenters. The van der Waals surface area contributed by atoms with E-state index in [2.05, 4.69) is 15.5 Å². The Morgan fingerprint density at radius 1 is 1.18 bits per heavy atom. The molecule has 1 heterocycles. The summed E-state index contributed by atoms with van der Waals surface area (Å²) in [6.07, 6.45) is 10.4. The van der Waals surface area contributed by atoms with Gasteiger partial charge in [0.15, 0.2) is 0 Å². The molecule has 0 spiro atoms. The van der Waals surface area contributed by atoms with E-state index in [0.29, 0.717) is 5.92 Å². The molecule has 2 rings (SSSR count). The van der Waals surface area contributed by atoms with Gasteiger partial charge in [-0.2, -0.15) is 0 Å². The average Bonchev–Trinajstić information content (AvgIpc) is 2.64. The molecule has 0 aromatic carbocycles. The van der Waals surface area contributed by atoms with Crippen LogP contribution in [0.5, 0.6) is 0 Å². The van der Waals surface area contributed by atoms with Crippen molar-refractivity contribution in [2.75, 3.05) is 13.6 Å². The molecular weight excluding hydrogens is 230 g/mol. The van der Waals surface area contributed by atoms with Gasteiger partial charge >= 0.3 is 0 Å². The summed E-state index contributed by atoms with van der Waals surface area (Å²) >= 11 is 1.85. The van der Waals surface area contributed by atoms with Gasteiger partial charge in [-0.1, -0.05) is 25.7 Å². The Kier molecular flexibility index (Phi) is 5.39. The SMILES string of the molecule is CNCCCc1nnc(C2CCCCCC2)s1. The summed E-state index contributed by atoms with van der Waals surface area (Å²) in [6.45, 7) is 1.07. The summed E-state index contributed by atoms with van der Waals surface area (Å²) in [5.41, 5.74) is 0. The first-order valence-electron chi connectivity index (χ1n) is 6.87. The van der Waals surface area contributed by atoms with Gasteiger partial charge in [0.1, 0.15) is 10.0 Å². The van der Waals surface area contributed by atoms with Crippen LogP contribution in [0.15, 0.2) is 0 Å². The van der Waals surface area contributed by atoms with Crippen molar-refractivity contribution in [1.82, 2.24) is 15.5 Å². The Morgan fingerprint density at radius 3 is 2.65 bits per heavy atom. The number of nitrogens with zero attached hydrogens (tertiary/aromatic N) is 2. The van der Waals surface area contributed by atoms with Crippen LogP contribution in [0, 0.1) is 0 Å². The molecule has 0 aliphatic heterocycles. The molecule has 1 fully saturated rings. The van der Waals surface area contributed by atoms with Gasteiger partial charge < -0.3 is 5.32 Å². The Balaban J connectivity index is 1.87. The third kappa shape index (κ3) is 4.03. The second-order valence-corrected chi connectivity index (χ2v) is 6.02. The molecule has 1 saturated carbocycles. The van der Waals surface area contributed by atoms with E-state index in [9.17, 15) is 0 Å². The molecule has 0 saturated heterocycles. The summed E-state index contributed by atoms with van der Waals surface area (Å²) < 4.78 is 0. The molecule has 0 radical (unpaired) electrons. The molecule has 1 N–H and O–H groups in total. The molecular formula is C13H23N3S. The van der Waals surface area contributed by atoms with Crippen molar-refractivity contribution in [3.63, 3.8) is 0 Å². The van der Waals surface area contributed by atoms with E-state index in [-0.39, 0.29) is 0 Å². The Bertz CT molecular complexity index is 316. The van der Waals surface area contributed by atoms with Crippen LogP contribution in [0.25, 0.3) is 0 Å². The van der Waals surface area contributed by atoms with Crippen molar-refractivity contribution in [3.8, 4) is 0 Å². The van der Waals surface area contributed by atoms with Gasteiger partial charge in [0, 0.05) is 12.3 Å². The highest BCUT2D eigenvalue weighted by atomic mass is 32.1. The van der Waals surface area contributed by atoms with E-state index in [1.165, 1.54) is 48.5 Å². The van der Waals surface area contributed by atoms with Crippen LogP contribution in [0.1, 0.15) is 60.9 Å². The highest BCUT2D eigenvalue weighted by molar-refractivity contribution is 7.11. The molecule has 1 aliphatic rings. The van der Waals surface area contributed by atoms with E-state index < -0.39 is 0 Å². The summed E-state index contributed by atoms with van der Waals surface area (Å²) in [7, 11) is 2.00. The van der Waals surface area contributed by atoms with Crippen molar-refractivity contribution in [3.05, 3.63) is 10.0 Å². The quantitative estimate of drug-likeness (QED) is 0.647. The standard InChI is InChI=1S/C13H23N3S/c1-14-10-6-9-12-15-16-13(17-12)11-7-4-2-3-5-8-11/h11,14H,2-10H2,1H3. The summed E-state index contributed by atoms with van der Waals surface area (Å²) in [5.74, 6) is 0.702. The molecule has 1 aromatic heterocycles. The number of hydrogen-bond acceptors (Lipinski definition) is 4. The normalized spacial score (nSPS) is 18.2. The fourth-order valence-electron chi connectivity index (χ4n) is 2.48. The zero-order valence-electron chi connectivity index (χ0n) is 10.7. The monoisotopic (exact) mass is 253 g/mol. The van der Waals surface area contributed by atoms with Gasteiger partial charge in [0.2, 0.25) is 0 Å². The maximum Gasteiger partial charge on any atom is 0.120 e. The topological polar surface area (TPSA) is 37.8 Å². The van der Waals surface area contributed by atoms with Crippen molar-refractivity contribution in [1.29, 1.82) is 0 Å². The van der Waals surface area contributed by atoms with Crippen LogP contribution in [-0.2, 0) is 6.42 Å². The minimum absolute atomic E-state index is 0.702. The fraction of sp³-hybridized carbons (Fsp3) is 0.846. The van der Waals surface area contributed by atoms with Gasteiger partial charge in [-0.3, -0.25) is 0 Å². The lowest BCUT2D eigenvalue weighted by molar-refractivity contribution is 0.583. The van der Waals surface area contributed by atoms with Crippen LogP contribution in [0.3, 0.4) is 0 Å². The second kappa shape index (κ2) is 7.07. The smallest absolute Gasteiger partial charge is 0.120 e. The van der Waals surface area contributed by atoms with Gasteiger partial charge in [-0.25, -0.2) is 0 Å². The van der Waals surface area contributed by atoms with E-state index in [4.69, 9.17) is 0 Å². The number of aryl methyl sites for hydroxylation is 1. The van der Waals surface area contributed by atoms with Gasteiger partial charge in [0.25, 0.3) is 0 Å². The summed E-state index contributed by atoms with van der Waals surface area (Å²) in [6, 6.07) is 0. The Labute approximate surface area is 108 Å². The van der Waals surface area contributed by atoms with Crippen LogP contribution in [-0.4, -0.2) is 23.8 Å². The minimum atomic E-state index is 0.702. The average molecular weight is 253 g/mol. The lowest BCUT2D eigenvalue weighted by Crippen LogP contribution is -2.08. The summed E-state index contributed by atoms with van der Waals surface area (Å²) in [4.78, 5) is 0. The molecule has 1 aromatic rings. The molecule has 1 aliphatic carbocycles. The van der Waals surface area contributed by atoms with E-state index in [1.807, 2.05) is 18.4 Å². The molecule has 3 nitrogen and oxygen atoms in total. The predicted molar refractivity (Wildman–Crippen MR) is 72.6 cm³/mol. The molecule has 17 heavy (non-hydrogen) atoms. The molecule has 4 heteroatoms. The first-order valence-corrected chi connectivity index (χ1v) is 7.68. The molecule has 0 bridgehead atoms. The second-order valence-electron chi connectivity index (χ2n) is 4.93.